The van der Waals surface area contributed by atoms with Crippen LogP contribution in [0.2, 0.25) is 5.22 Å². The van der Waals surface area contributed by atoms with Crippen LogP contribution in [0, 0.1) is 0 Å². The second kappa shape index (κ2) is 5.35. The number of rotatable bonds is 5. The number of hydrogen-bond donors (Lipinski definition) is 3. The van der Waals surface area contributed by atoms with Crippen molar-refractivity contribution in [3.63, 3.8) is 0 Å². The Hall–Kier alpha value is -2.02. The van der Waals surface area contributed by atoms with Crippen LogP contribution < -0.4 is 5.32 Å². The zero-order chi connectivity index (χ0) is 13.0. The van der Waals surface area contributed by atoms with Crippen molar-refractivity contribution in [1.29, 1.82) is 0 Å². The highest BCUT2D eigenvalue weighted by molar-refractivity contribution is 6.32. The Morgan fingerprint density at radius 3 is 2.47 bits per heavy atom. The summed E-state index contributed by atoms with van der Waals surface area (Å²) >= 11 is 5.51. The van der Waals surface area contributed by atoms with Gasteiger partial charge in [-0.3, -0.25) is 9.59 Å². The maximum Gasteiger partial charge on any atom is 0.326 e. The molecule has 0 saturated carbocycles. The number of carbonyl (C=O) groups is 3. The number of carbonyl (C=O) groups excluding carboxylic acids is 1. The third-order valence-corrected chi connectivity index (χ3v) is 2.14. The average Bonchev–Trinajstić information content (AvgIpc) is 2.62. The highest BCUT2D eigenvalue weighted by atomic mass is 35.5. The molecule has 1 aromatic rings. The molecule has 7 nitrogen and oxygen atoms in total. The van der Waals surface area contributed by atoms with Crippen LogP contribution in [0.4, 0.5) is 0 Å². The van der Waals surface area contributed by atoms with Gasteiger partial charge >= 0.3 is 11.9 Å². The number of amides is 1. The Morgan fingerprint density at radius 2 is 2.06 bits per heavy atom. The molecule has 1 aromatic heterocycles. The molecular weight excluding hydrogens is 254 g/mol. The van der Waals surface area contributed by atoms with Gasteiger partial charge in [-0.05, 0) is 17.7 Å². The first-order valence-electron chi connectivity index (χ1n) is 4.40. The number of nitrogens with one attached hydrogen (secondary N) is 1. The van der Waals surface area contributed by atoms with E-state index < -0.39 is 30.3 Å². The minimum atomic E-state index is -1.52. The monoisotopic (exact) mass is 261 g/mol. The van der Waals surface area contributed by atoms with E-state index in [1.807, 2.05) is 5.32 Å². The molecule has 0 aliphatic carbocycles. The van der Waals surface area contributed by atoms with Crippen LogP contribution in [0.1, 0.15) is 16.8 Å². The zero-order valence-electron chi connectivity index (χ0n) is 8.34. The van der Waals surface area contributed by atoms with Crippen LogP contribution in [0.15, 0.2) is 16.7 Å². The van der Waals surface area contributed by atoms with Gasteiger partial charge in [0.25, 0.3) is 5.91 Å². The first kappa shape index (κ1) is 13.0. The van der Waals surface area contributed by atoms with E-state index in [2.05, 4.69) is 4.42 Å². The molecule has 0 aliphatic heterocycles. The summed E-state index contributed by atoms with van der Waals surface area (Å²) in [4.78, 5) is 32.6. The molecule has 3 N–H and O–H groups in total. The summed E-state index contributed by atoms with van der Waals surface area (Å²) in [7, 11) is 0. The number of carboxylic acids is 2. The number of hydrogen-bond acceptors (Lipinski definition) is 4. The largest absolute Gasteiger partial charge is 0.481 e. The van der Waals surface area contributed by atoms with E-state index in [9.17, 15) is 14.4 Å². The third-order valence-electron chi connectivity index (χ3n) is 1.84. The summed E-state index contributed by atoms with van der Waals surface area (Å²) in [5.74, 6) is -3.59. The molecule has 0 bridgehead atoms. The number of aliphatic carboxylic acids is 2. The summed E-state index contributed by atoms with van der Waals surface area (Å²) in [5, 5.41) is 19.0. The van der Waals surface area contributed by atoms with Gasteiger partial charge in [0.15, 0.2) is 0 Å². The lowest BCUT2D eigenvalue weighted by atomic mass is 10.2. The standard InChI is InChI=1S/C9H8ClNO6/c10-7-4(1-2-17-7)8(14)11-5(9(15)16)3-6(12)13/h1-2,5H,3H2,(H,11,14)(H,12,13)(H,15,16)/t5-/m0/s1. The van der Waals surface area contributed by atoms with Crippen LogP contribution in [-0.4, -0.2) is 34.1 Å². The van der Waals surface area contributed by atoms with Crippen molar-refractivity contribution in [3.05, 3.63) is 23.1 Å². The van der Waals surface area contributed by atoms with Crippen molar-refractivity contribution in [2.75, 3.05) is 0 Å². The Morgan fingerprint density at radius 1 is 1.41 bits per heavy atom. The van der Waals surface area contributed by atoms with Crippen molar-refractivity contribution < 1.29 is 29.0 Å². The molecule has 0 radical (unpaired) electrons. The summed E-state index contributed by atoms with van der Waals surface area (Å²) in [6.45, 7) is 0. The van der Waals surface area contributed by atoms with Crippen molar-refractivity contribution in [2.24, 2.45) is 0 Å². The Kier molecular flexibility index (Phi) is 4.11. The van der Waals surface area contributed by atoms with Crippen LogP contribution in [-0.2, 0) is 9.59 Å². The zero-order valence-corrected chi connectivity index (χ0v) is 9.10. The molecule has 0 saturated heterocycles. The molecule has 1 rings (SSSR count). The lowest BCUT2D eigenvalue weighted by molar-refractivity contribution is -0.145. The fourth-order valence-electron chi connectivity index (χ4n) is 1.07. The normalized spacial score (nSPS) is 11.8. The molecule has 17 heavy (non-hydrogen) atoms. The van der Waals surface area contributed by atoms with E-state index in [1.165, 1.54) is 6.07 Å². The van der Waals surface area contributed by atoms with Crippen LogP contribution in [0.3, 0.4) is 0 Å². The summed E-state index contributed by atoms with van der Waals surface area (Å²) < 4.78 is 4.65. The molecule has 0 aliphatic rings. The summed E-state index contributed by atoms with van der Waals surface area (Å²) in [5.41, 5.74) is -0.0525. The van der Waals surface area contributed by atoms with E-state index in [1.54, 1.807) is 0 Å². The smallest absolute Gasteiger partial charge is 0.326 e. The lowest BCUT2D eigenvalue weighted by Gasteiger charge is -2.11. The minimum absolute atomic E-state index is 0.0525. The van der Waals surface area contributed by atoms with Gasteiger partial charge in [-0.25, -0.2) is 4.79 Å². The van der Waals surface area contributed by atoms with Gasteiger partial charge in [0, 0.05) is 0 Å². The second-order valence-corrected chi connectivity index (χ2v) is 3.41. The van der Waals surface area contributed by atoms with Gasteiger partial charge in [-0.1, -0.05) is 0 Å². The van der Waals surface area contributed by atoms with Gasteiger partial charge in [0.05, 0.1) is 18.2 Å². The topological polar surface area (TPSA) is 117 Å². The molecule has 0 spiro atoms. The average molecular weight is 262 g/mol. The van der Waals surface area contributed by atoms with Crippen LogP contribution >= 0.6 is 11.6 Å². The number of furan rings is 1. The minimum Gasteiger partial charge on any atom is -0.481 e. The Labute approximate surface area is 100.0 Å². The Bertz CT molecular complexity index is 454. The molecule has 0 fully saturated rings. The Balaban J connectivity index is 2.74. The second-order valence-electron chi connectivity index (χ2n) is 3.07. The highest BCUT2D eigenvalue weighted by Crippen LogP contribution is 2.16. The van der Waals surface area contributed by atoms with Gasteiger partial charge in [0.2, 0.25) is 5.22 Å². The summed E-state index contributed by atoms with van der Waals surface area (Å²) in [6.07, 6.45) is 0.431. The molecular formula is C9H8ClNO6. The van der Waals surface area contributed by atoms with E-state index in [4.69, 9.17) is 21.8 Å². The first-order chi connectivity index (χ1) is 7.91. The fourth-order valence-corrected chi connectivity index (χ4v) is 1.27. The van der Waals surface area contributed by atoms with Crippen molar-refractivity contribution in [2.45, 2.75) is 12.5 Å². The van der Waals surface area contributed by atoms with Gasteiger partial charge in [0.1, 0.15) is 6.04 Å². The molecule has 0 aromatic carbocycles. The van der Waals surface area contributed by atoms with Crippen LogP contribution in [0.5, 0.6) is 0 Å². The maximum atomic E-state index is 11.5. The van der Waals surface area contributed by atoms with E-state index in [-0.39, 0.29) is 10.8 Å². The van der Waals surface area contributed by atoms with Gasteiger partial charge in [-0.2, -0.15) is 0 Å². The fraction of sp³-hybridized carbons (Fsp3) is 0.222. The van der Waals surface area contributed by atoms with Crippen molar-refractivity contribution >= 4 is 29.4 Å². The quantitative estimate of drug-likeness (QED) is 0.714. The molecule has 8 heteroatoms. The molecule has 0 unspecified atom stereocenters. The SMILES string of the molecule is O=C(O)C[C@H](NC(=O)c1ccoc1Cl)C(=O)O. The molecule has 1 heterocycles. The number of carboxylic acid groups (broad SMARTS) is 2. The number of halogens is 1. The molecule has 1 atom stereocenters. The summed E-state index contributed by atoms with van der Waals surface area (Å²) in [6, 6.07) is -0.275. The van der Waals surface area contributed by atoms with Crippen molar-refractivity contribution in [3.8, 4) is 0 Å². The van der Waals surface area contributed by atoms with E-state index >= 15 is 0 Å². The van der Waals surface area contributed by atoms with Crippen LogP contribution in [0.25, 0.3) is 0 Å². The predicted octanol–water partition coefficient (Wildman–Crippen LogP) is 0.591. The van der Waals surface area contributed by atoms with E-state index in [0.29, 0.717) is 0 Å². The third kappa shape index (κ3) is 3.49. The lowest BCUT2D eigenvalue weighted by Crippen LogP contribution is -2.42. The molecule has 1 amide bonds. The van der Waals surface area contributed by atoms with E-state index in [0.717, 1.165) is 6.26 Å². The highest BCUT2D eigenvalue weighted by Gasteiger charge is 2.25. The molecule has 92 valence electrons. The maximum absolute atomic E-state index is 11.5. The van der Waals surface area contributed by atoms with Gasteiger partial charge in [-0.15, -0.1) is 0 Å². The van der Waals surface area contributed by atoms with Gasteiger partial charge < -0.3 is 19.9 Å². The first-order valence-corrected chi connectivity index (χ1v) is 4.78. The predicted molar refractivity (Wildman–Crippen MR) is 54.9 cm³/mol. The van der Waals surface area contributed by atoms with Crippen molar-refractivity contribution in [1.82, 2.24) is 5.32 Å².